The lowest BCUT2D eigenvalue weighted by Crippen LogP contribution is -2.19. The van der Waals surface area contributed by atoms with Crippen LogP contribution in [0.25, 0.3) is 17.1 Å². The van der Waals surface area contributed by atoms with E-state index in [4.69, 9.17) is 0 Å². The third kappa shape index (κ3) is 2.36. The van der Waals surface area contributed by atoms with Crippen LogP contribution < -0.4 is 5.69 Å². The number of rotatable bonds is 3. The average molecular weight is 298 g/mol. The van der Waals surface area contributed by atoms with Crippen molar-refractivity contribution in [2.24, 2.45) is 14.1 Å². The fraction of sp³-hybridized carbons (Fsp3) is 0.125. The van der Waals surface area contributed by atoms with Crippen molar-refractivity contribution in [2.45, 2.75) is 0 Å². The molecule has 0 aliphatic rings. The highest BCUT2D eigenvalue weighted by atomic mass is 32.1. The van der Waals surface area contributed by atoms with Crippen LogP contribution in [0.5, 0.6) is 0 Å². The van der Waals surface area contributed by atoms with Crippen molar-refractivity contribution in [1.82, 2.24) is 9.13 Å². The number of aromatic nitrogens is 2. The van der Waals surface area contributed by atoms with E-state index in [0.717, 1.165) is 15.9 Å². The smallest absolute Gasteiger partial charge is 0.295 e. The number of allylic oxidation sites excluding steroid dienone is 1. The predicted octanol–water partition coefficient (Wildman–Crippen LogP) is 2.83. The molecule has 0 unspecified atom stereocenters. The number of carbonyl (C=O) groups excluding carboxylic acids is 1. The van der Waals surface area contributed by atoms with Crippen molar-refractivity contribution in [3.8, 4) is 0 Å². The highest BCUT2D eigenvalue weighted by molar-refractivity contribution is 7.10. The molecule has 0 aliphatic carbocycles. The zero-order valence-electron chi connectivity index (χ0n) is 11.7. The van der Waals surface area contributed by atoms with E-state index in [-0.39, 0.29) is 11.5 Å². The first-order valence-corrected chi connectivity index (χ1v) is 7.37. The molecule has 0 spiro atoms. The summed E-state index contributed by atoms with van der Waals surface area (Å²) in [7, 11) is 3.43. The van der Waals surface area contributed by atoms with Crippen molar-refractivity contribution in [3.05, 3.63) is 62.7 Å². The lowest BCUT2D eigenvalue weighted by Gasteiger charge is -1.99. The summed E-state index contributed by atoms with van der Waals surface area (Å²) in [6, 6.07) is 9.23. The number of aryl methyl sites for hydroxylation is 2. The molecular formula is C16H14N2O2S. The standard InChI is InChI=1S/C16H14N2O2S/c1-17-13-7-5-11(10-14(13)18(2)16(17)20)15(19)8-6-12-4-3-9-21-12/h3-10H,1-2H3/b8-6+. The largest absolute Gasteiger partial charge is 0.328 e. The van der Waals surface area contributed by atoms with Gasteiger partial charge in [0.15, 0.2) is 5.78 Å². The number of thiophene rings is 1. The van der Waals surface area contributed by atoms with Gasteiger partial charge in [0.25, 0.3) is 0 Å². The second kappa shape index (κ2) is 5.18. The van der Waals surface area contributed by atoms with E-state index in [9.17, 15) is 9.59 Å². The molecule has 5 heteroatoms. The predicted molar refractivity (Wildman–Crippen MR) is 85.8 cm³/mol. The maximum atomic E-state index is 12.2. The number of ketones is 1. The van der Waals surface area contributed by atoms with Crippen LogP contribution in [0.2, 0.25) is 0 Å². The minimum absolute atomic E-state index is 0.0680. The number of hydrogen-bond acceptors (Lipinski definition) is 3. The van der Waals surface area contributed by atoms with Gasteiger partial charge in [-0.15, -0.1) is 11.3 Å². The first kappa shape index (κ1) is 13.6. The molecule has 0 aliphatic heterocycles. The van der Waals surface area contributed by atoms with Crippen molar-refractivity contribution in [3.63, 3.8) is 0 Å². The highest BCUT2D eigenvalue weighted by Gasteiger charge is 2.10. The highest BCUT2D eigenvalue weighted by Crippen LogP contribution is 2.16. The van der Waals surface area contributed by atoms with Crippen LogP contribution in [0.3, 0.4) is 0 Å². The number of fused-ring (bicyclic) bond motifs is 1. The molecule has 0 amide bonds. The second-order valence-corrected chi connectivity index (χ2v) is 5.80. The summed E-state index contributed by atoms with van der Waals surface area (Å²) < 4.78 is 3.13. The van der Waals surface area contributed by atoms with Crippen LogP contribution >= 0.6 is 11.3 Å². The molecule has 3 rings (SSSR count). The molecule has 3 aromatic rings. The fourth-order valence-corrected chi connectivity index (χ4v) is 2.92. The van der Waals surface area contributed by atoms with Crippen LogP contribution in [-0.2, 0) is 14.1 Å². The van der Waals surface area contributed by atoms with Gasteiger partial charge in [-0.2, -0.15) is 0 Å². The zero-order chi connectivity index (χ0) is 15.0. The SMILES string of the molecule is Cn1c(=O)n(C)c2cc(C(=O)/C=C/c3cccs3)ccc21. The first-order chi connectivity index (χ1) is 10.1. The van der Waals surface area contributed by atoms with Crippen LogP contribution in [0, 0.1) is 0 Å². The van der Waals surface area contributed by atoms with Crippen LogP contribution in [-0.4, -0.2) is 14.9 Å². The Morgan fingerprint density at radius 1 is 1.14 bits per heavy atom. The lowest BCUT2D eigenvalue weighted by atomic mass is 10.1. The molecule has 0 fully saturated rings. The minimum atomic E-state index is -0.0938. The Balaban J connectivity index is 1.99. The van der Waals surface area contributed by atoms with Gasteiger partial charge in [0.2, 0.25) is 0 Å². The second-order valence-electron chi connectivity index (χ2n) is 4.82. The average Bonchev–Trinajstić information content (AvgIpc) is 3.09. The number of benzene rings is 1. The molecule has 0 bridgehead atoms. The first-order valence-electron chi connectivity index (χ1n) is 6.49. The summed E-state index contributed by atoms with van der Waals surface area (Å²) >= 11 is 1.58. The van der Waals surface area contributed by atoms with Gasteiger partial charge < -0.3 is 0 Å². The lowest BCUT2D eigenvalue weighted by molar-refractivity contribution is 0.104. The van der Waals surface area contributed by atoms with Gasteiger partial charge in [-0.1, -0.05) is 6.07 Å². The summed E-state index contributed by atoms with van der Waals surface area (Å²) in [5.74, 6) is -0.0680. The molecule has 2 heterocycles. The Kier molecular flexibility index (Phi) is 3.35. The monoisotopic (exact) mass is 298 g/mol. The Labute approximate surface area is 125 Å². The Bertz CT molecular complexity index is 898. The topological polar surface area (TPSA) is 44.0 Å². The van der Waals surface area contributed by atoms with Gasteiger partial charge in [-0.05, 0) is 41.8 Å². The summed E-state index contributed by atoms with van der Waals surface area (Å²) in [6.07, 6.45) is 3.37. The van der Waals surface area contributed by atoms with E-state index in [1.54, 1.807) is 58.9 Å². The molecule has 0 saturated heterocycles. The van der Waals surface area contributed by atoms with E-state index >= 15 is 0 Å². The number of nitrogens with zero attached hydrogens (tertiary/aromatic N) is 2. The minimum Gasteiger partial charge on any atom is -0.295 e. The van der Waals surface area contributed by atoms with E-state index < -0.39 is 0 Å². The van der Waals surface area contributed by atoms with E-state index in [2.05, 4.69) is 0 Å². The van der Waals surface area contributed by atoms with Crippen molar-refractivity contribution in [2.75, 3.05) is 0 Å². The van der Waals surface area contributed by atoms with Gasteiger partial charge in [-0.25, -0.2) is 4.79 Å². The zero-order valence-corrected chi connectivity index (χ0v) is 12.6. The number of hydrogen-bond donors (Lipinski definition) is 0. The van der Waals surface area contributed by atoms with Crippen molar-refractivity contribution in [1.29, 1.82) is 0 Å². The molecular weight excluding hydrogens is 284 g/mol. The normalized spacial score (nSPS) is 11.5. The summed E-state index contributed by atoms with van der Waals surface area (Å²) in [4.78, 5) is 25.1. The Morgan fingerprint density at radius 3 is 2.62 bits per heavy atom. The molecule has 0 radical (unpaired) electrons. The van der Waals surface area contributed by atoms with Crippen LogP contribution in [0.4, 0.5) is 0 Å². The third-order valence-electron chi connectivity index (χ3n) is 3.50. The maximum absolute atomic E-state index is 12.2. The molecule has 106 valence electrons. The van der Waals surface area contributed by atoms with Gasteiger partial charge in [0.05, 0.1) is 11.0 Å². The molecule has 21 heavy (non-hydrogen) atoms. The van der Waals surface area contributed by atoms with Crippen molar-refractivity contribution >= 4 is 34.2 Å². The molecule has 1 aromatic carbocycles. The molecule has 0 saturated carbocycles. The Hall–Kier alpha value is -2.40. The number of imidazole rings is 1. The van der Waals surface area contributed by atoms with E-state index in [1.807, 2.05) is 23.6 Å². The molecule has 0 atom stereocenters. The van der Waals surface area contributed by atoms with Crippen molar-refractivity contribution < 1.29 is 4.79 Å². The summed E-state index contributed by atoms with van der Waals surface area (Å²) in [6.45, 7) is 0. The maximum Gasteiger partial charge on any atom is 0.328 e. The van der Waals surface area contributed by atoms with Gasteiger partial charge >= 0.3 is 5.69 Å². The van der Waals surface area contributed by atoms with Gasteiger partial charge in [-0.3, -0.25) is 13.9 Å². The third-order valence-corrected chi connectivity index (χ3v) is 4.34. The summed E-state index contributed by atoms with van der Waals surface area (Å²) in [5, 5.41) is 1.97. The molecule has 4 nitrogen and oxygen atoms in total. The quantitative estimate of drug-likeness (QED) is 0.551. The van der Waals surface area contributed by atoms with E-state index in [1.165, 1.54) is 0 Å². The van der Waals surface area contributed by atoms with Gasteiger partial charge in [0.1, 0.15) is 0 Å². The summed E-state index contributed by atoms with van der Waals surface area (Å²) in [5.41, 5.74) is 2.07. The number of carbonyl (C=O) groups is 1. The fourth-order valence-electron chi connectivity index (χ4n) is 2.30. The molecule has 0 N–H and O–H groups in total. The van der Waals surface area contributed by atoms with Crippen LogP contribution in [0.1, 0.15) is 15.2 Å². The van der Waals surface area contributed by atoms with Gasteiger partial charge in [0, 0.05) is 24.5 Å². The Morgan fingerprint density at radius 2 is 1.90 bits per heavy atom. The van der Waals surface area contributed by atoms with Crippen LogP contribution in [0.15, 0.2) is 46.6 Å². The molecule has 2 aromatic heterocycles. The van der Waals surface area contributed by atoms with E-state index in [0.29, 0.717) is 5.56 Å².